The highest BCUT2D eigenvalue weighted by atomic mass is 16.1. The van der Waals surface area contributed by atoms with Crippen LogP contribution in [0.25, 0.3) is 0 Å². The van der Waals surface area contributed by atoms with E-state index in [2.05, 4.69) is 25.8 Å². The van der Waals surface area contributed by atoms with Gasteiger partial charge >= 0.3 is 0 Å². The molecule has 0 aliphatic rings. The van der Waals surface area contributed by atoms with Crippen LogP contribution in [-0.2, 0) is 0 Å². The Hall–Kier alpha value is -1.15. The van der Waals surface area contributed by atoms with Crippen LogP contribution < -0.4 is 0 Å². The fourth-order valence-electron chi connectivity index (χ4n) is 1.83. The summed E-state index contributed by atoms with van der Waals surface area (Å²) in [6.45, 7) is 7.19. The average molecular weight is 233 g/mol. The van der Waals surface area contributed by atoms with E-state index in [1.807, 2.05) is 31.2 Å². The molecule has 0 aliphatic carbocycles. The van der Waals surface area contributed by atoms with E-state index in [-0.39, 0.29) is 5.78 Å². The zero-order valence-corrected chi connectivity index (χ0v) is 11.4. The van der Waals surface area contributed by atoms with Gasteiger partial charge in [0.25, 0.3) is 0 Å². The van der Waals surface area contributed by atoms with Crippen molar-refractivity contribution in [1.82, 2.24) is 4.90 Å². The lowest BCUT2D eigenvalue weighted by Crippen LogP contribution is -2.30. The Morgan fingerprint density at radius 1 is 1.35 bits per heavy atom. The molecule has 1 aromatic carbocycles. The van der Waals surface area contributed by atoms with Crippen molar-refractivity contribution in [2.24, 2.45) is 0 Å². The molecule has 0 aromatic heterocycles. The number of hydrogen-bond acceptors (Lipinski definition) is 2. The lowest BCUT2D eigenvalue weighted by atomic mass is 10.0. The predicted octanol–water partition coefficient (Wildman–Crippen LogP) is 3.30. The molecule has 1 rings (SSSR count). The maximum absolute atomic E-state index is 12.1. The van der Waals surface area contributed by atoms with E-state index in [9.17, 15) is 4.79 Å². The Morgan fingerprint density at radius 3 is 2.59 bits per heavy atom. The fourth-order valence-corrected chi connectivity index (χ4v) is 1.83. The molecule has 1 unspecified atom stereocenters. The lowest BCUT2D eigenvalue weighted by Gasteiger charge is -2.23. The smallest absolute Gasteiger partial charge is 0.164 e. The number of nitrogens with zero attached hydrogens (tertiary/aromatic N) is 1. The van der Waals surface area contributed by atoms with Crippen LogP contribution in [-0.4, -0.2) is 30.3 Å². The van der Waals surface area contributed by atoms with Crippen molar-refractivity contribution in [1.29, 1.82) is 0 Å². The summed E-state index contributed by atoms with van der Waals surface area (Å²) in [4.78, 5) is 14.3. The molecule has 0 radical (unpaired) electrons. The molecular formula is C15H23NO. The van der Waals surface area contributed by atoms with Gasteiger partial charge in [-0.3, -0.25) is 4.79 Å². The number of benzene rings is 1. The Bertz CT molecular complexity index is 373. The third kappa shape index (κ3) is 3.97. The number of aryl methyl sites for hydroxylation is 1. The van der Waals surface area contributed by atoms with Crippen molar-refractivity contribution in [3.63, 3.8) is 0 Å². The first-order valence-corrected chi connectivity index (χ1v) is 6.35. The van der Waals surface area contributed by atoms with Crippen molar-refractivity contribution in [2.45, 2.75) is 39.7 Å². The van der Waals surface area contributed by atoms with Crippen LogP contribution in [0.15, 0.2) is 24.3 Å². The first-order chi connectivity index (χ1) is 8.06. The zero-order chi connectivity index (χ0) is 12.8. The van der Waals surface area contributed by atoms with Crippen LogP contribution >= 0.6 is 0 Å². The van der Waals surface area contributed by atoms with Gasteiger partial charge in [0.05, 0.1) is 0 Å². The van der Waals surface area contributed by atoms with Crippen molar-refractivity contribution >= 4 is 5.78 Å². The normalized spacial score (nSPS) is 12.8. The summed E-state index contributed by atoms with van der Waals surface area (Å²) in [5, 5.41) is 0. The molecule has 2 heteroatoms. The first kappa shape index (κ1) is 13.9. The minimum atomic E-state index is 0.248. The number of hydrogen-bond donors (Lipinski definition) is 0. The third-order valence-corrected chi connectivity index (χ3v) is 3.48. The highest BCUT2D eigenvalue weighted by Gasteiger charge is 2.11. The second-order valence-electron chi connectivity index (χ2n) is 4.73. The van der Waals surface area contributed by atoms with Gasteiger partial charge in [-0.2, -0.15) is 0 Å². The van der Waals surface area contributed by atoms with E-state index in [1.54, 1.807) is 0 Å². The second-order valence-corrected chi connectivity index (χ2v) is 4.73. The van der Waals surface area contributed by atoms with Crippen LogP contribution in [0.5, 0.6) is 0 Å². The molecular weight excluding hydrogens is 210 g/mol. The van der Waals surface area contributed by atoms with Gasteiger partial charge in [-0.25, -0.2) is 0 Å². The molecule has 1 atom stereocenters. The number of carbonyl (C=O) groups excluding carboxylic acids is 1. The summed E-state index contributed by atoms with van der Waals surface area (Å²) >= 11 is 0. The van der Waals surface area contributed by atoms with Gasteiger partial charge in [0.15, 0.2) is 5.78 Å². The van der Waals surface area contributed by atoms with E-state index in [0.717, 1.165) is 24.1 Å². The molecule has 0 saturated heterocycles. The quantitative estimate of drug-likeness (QED) is 0.703. The van der Waals surface area contributed by atoms with E-state index < -0.39 is 0 Å². The fraction of sp³-hybridized carbons (Fsp3) is 0.533. The predicted molar refractivity (Wildman–Crippen MR) is 72.5 cm³/mol. The topological polar surface area (TPSA) is 20.3 Å². The first-order valence-electron chi connectivity index (χ1n) is 6.35. The molecule has 0 aliphatic heterocycles. The Morgan fingerprint density at radius 2 is 2.00 bits per heavy atom. The van der Waals surface area contributed by atoms with Gasteiger partial charge < -0.3 is 4.90 Å². The molecule has 17 heavy (non-hydrogen) atoms. The number of rotatable bonds is 6. The average Bonchev–Trinajstić information content (AvgIpc) is 2.35. The standard InChI is InChI=1S/C15H23NO/c1-5-13(3)16(4)11-10-15(17)14-9-7-6-8-12(14)2/h6-9,13H,5,10-11H2,1-4H3. The third-order valence-electron chi connectivity index (χ3n) is 3.48. The summed E-state index contributed by atoms with van der Waals surface area (Å²) in [5.41, 5.74) is 1.94. The maximum atomic E-state index is 12.1. The number of Topliss-reactive ketones (excluding diaryl/α,β-unsaturated/α-hetero) is 1. The summed E-state index contributed by atoms with van der Waals surface area (Å²) < 4.78 is 0. The van der Waals surface area contributed by atoms with Crippen molar-refractivity contribution in [3.05, 3.63) is 35.4 Å². The number of carbonyl (C=O) groups is 1. The molecule has 94 valence electrons. The minimum absolute atomic E-state index is 0.248. The molecule has 0 amide bonds. The second kappa shape index (κ2) is 6.55. The summed E-state index contributed by atoms with van der Waals surface area (Å²) in [6, 6.07) is 8.35. The maximum Gasteiger partial charge on any atom is 0.164 e. The Balaban J connectivity index is 2.54. The highest BCUT2D eigenvalue weighted by molar-refractivity contribution is 5.97. The molecule has 0 heterocycles. The summed E-state index contributed by atoms with van der Waals surface area (Å²) in [5.74, 6) is 0.248. The molecule has 0 bridgehead atoms. The monoisotopic (exact) mass is 233 g/mol. The summed E-state index contributed by atoms with van der Waals surface area (Å²) in [6.07, 6.45) is 1.72. The van der Waals surface area contributed by atoms with Gasteiger partial charge in [0, 0.05) is 24.6 Å². The molecule has 2 nitrogen and oxygen atoms in total. The molecule has 0 spiro atoms. The van der Waals surface area contributed by atoms with Gasteiger partial charge in [-0.15, -0.1) is 0 Å². The minimum Gasteiger partial charge on any atom is -0.303 e. The highest BCUT2D eigenvalue weighted by Crippen LogP contribution is 2.11. The van der Waals surface area contributed by atoms with Crippen molar-refractivity contribution < 1.29 is 4.79 Å². The van der Waals surface area contributed by atoms with Crippen LogP contribution in [0, 0.1) is 6.92 Å². The molecule has 0 N–H and O–H groups in total. The molecule has 0 fully saturated rings. The number of ketones is 1. The SMILES string of the molecule is CCC(C)N(C)CCC(=O)c1ccccc1C. The lowest BCUT2D eigenvalue weighted by molar-refractivity contribution is 0.0961. The molecule has 0 saturated carbocycles. The van der Waals surface area contributed by atoms with Crippen molar-refractivity contribution in [2.75, 3.05) is 13.6 Å². The Kier molecular flexibility index (Phi) is 5.36. The van der Waals surface area contributed by atoms with Crippen LogP contribution in [0.1, 0.15) is 42.6 Å². The summed E-state index contributed by atoms with van der Waals surface area (Å²) in [7, 11) is 2.08. The zero-order valence-electron chi connectivity index (χ0n) is 11.4. The van der Waals surface area contributed by atoms with E-state index in [4.69, 9.17) is 0 Å². The van der Waals surface area contributed by atoms with Crippen LogP contribution in [0.4, 0.5) is 0 Å². The molecule has 1 aromatic rings. The van der Waals surface area contributed by atoms with Gasteiger partial charge in [-0.05, 0) is 32.9 Å². The van der Waals surface area contributed by atoms with Gasteiger partial charge in [0.2, 0.25) is 0 Å². The Labute approximate surface area is 105 Å². The largest absolute Gasteiger partial charge is 0.303 e. The van der Waals surface area contributed by atoms with Crippen LogP contribution in [0.2, 0.25) is 0 Å². The van der Waals surface area contributed by atoms with E-state index in [1.165, 1.54) is 0 Å². The van der Waals surface area contributed by atoms with Gasteiger partial charge in [-0.1, -0.05) is 31.2 Å². The van der Waals surface area contributed by atoms with Crippen LogP contribution in [0.3, 0.4) is 0 Å². The van der Waals surface area contributed by atoms with E-state index in [0.29, 0.717) is 12.5 Å². The van der Waals surface area contributed by atoms with E-state index >= 15 is 0 Å². The van der Waals surface area contributed by atoms with Crippen molar-refractivity contribution in [3.8, 4) is 0 Å². The van der Waals surface area contributed by atoms with Gasteiger partial charge in [0.1, 0.15) is 0 Å².